The van der Waals surface area contributed by atoms with Crippen LogP contribution in [-0.4, -0.2) is 0 Å². The van der Waals surface area contributed by atoms with Crippen molar-refractivity contribution in [3.05, 3.63) is 252 Å². The minimum atomic E-state index is 0.141. The lowest BCUT2D eigenvalue weighted by Gasteiger charge is -2.34. The number of rotatable bonds is 6. The summed E-state index contributed by atoms with van der Waals surface area (Å²) in [6.07, 6.45) is 9.38. The summed E-state index contributed by atoms with van der Waals surface area (Å²) in [6, 6.07) is 76.2. The van der Waals surface area contributed by atoms with E-state index in [-0.39, 0.29) is 11.8 Å². The maximum atomic E-state index is 2.45. The molecule has 0 heteroatoms. The van der Waals surface area contributed by atoms with Crippen molar-refractivity contribution in [3.63, 3.8) is 0 Å². The summed E-state index contributed by atoms with van der Waals surface area (Å²) in [5.41, 5.74) is 15.1. The first-order valence-electron chi connectivity index (χ1n) is 20.3. The highest BCUT2D eigenvalue weighted by Gasteiger charge is 2.32. The van der Waals surface area contributed by atoms with Crippen LogP contribution in [0.1, 0.15) is 11.1 Å². The Balaban J connectivity index is 1.21. The van der Waals surface area contributed by atoms with Gasteiger partial charge in [0.05, 0.1) is 0 Å². The summed E-state index contributed by atoms with van der Waals surface area (Å²) < 4.78 is 0. The summed E-state index contributed by atoms with van der Waals surface area (Å²) >= 11 is 0. The summed E-state index contributed by atoms with van der Waals surface area (Å²) in [6.45, 7) is 0. The van der Waals surface area contributed by atoms with Crippen molar-refractivity contribution < 1.29 is 0 Å². The molecule has 0 aliphatic heterocycles. The van der Waals surface area contributed by atoms with Crippen LogP contribution in [0.25, 0.3) is 77.2 Å². The molecule has 0 saturated carbocycles. The van der Waals surface area contributed by atoms with E-state index in [1.54, 1.807) is 0 Å². The minimum Gasteiger partial charge on any atom is -0.0760 e. The van der Waals surface area contributed by atoms with Crippen molar-refractivity contribution >= 4 is 32.7 Å². The first-order valence-corrected chi connectivity index (χ1v) is 20.3. The van der Waals surface area contributed by atoms with Crippen molar-refractivity contribution in [2.24, 2.45) is 11.8 Å². The molecule has 2 aliphatic rings. The van der Waals surface area contributed by atoms with Gasteiger partial charge in [-0.15, -0.1) is 0 Å². The standard InChI is InChI=1S/C58H40/c1-3-17-39(18-4-1)43-33-45(51-31-15-23-41-21-7-9-25-49(41)51)37-47(35-43)57-53-27-11-13-29-55(53)58(56-30-14-12-28-54(56)57)48-36-44(40-19-5-2-6-20-40)34-46(38-48)52-32-16-24-42-22-8-10-26-50(42)52/h1-38,53,55H. The van der Waals surface area contributed by atoms with Gasteiger partial charge in [-0.2, -0.15) is 0 Å². The van der Waals surface area contributed by atoms with E-state index in [1.165, 1.54) is 98.8 Å². The fraction of sp³-hybridized carbons (Fsp3) is 0.0345. The van der Waals surface area contributed by atoms with Gasteiger partial charge in [0.15, 0.2) is 0 Å². The van der Waals surface area contributed by atoms with E-state index < -0.39 is 0 Å². The third kappa shape index (κ3) is 5.94. The topological polar surface area (TPSA) is 0 Å². The molecular weight excluding hydrogens is 697 g/mol. The first-order chi connectivity index (χ1) is 28.8. The van der Waals surface area contributed by atoms with Crippen LogP contribution in [0.2, 0.25) is 0 Å². The zero-order chi connectivity index (χ0) is 38.4. The monoisotopic (exact) mass is 736 g/mol. The molecule has 0 aromatic heterocycles. The second-order valence-corrected chi connectivity index (χ2v) is 15.6. The quantitative estimate of drug-likeness (QED) is 0.159. The molecular formula is C58H40. The van der Waals surface area contributed by atoms with E-state index in [9.17, 15) is 0 Å². The highest BCUT2D eigenvalue weighted by atomic mass is 14.4. The van der Waals surface area contributed by atoms with Gasteiger partial charge in [0.1, 0.15) is 0 Å². The van der Waals surface area contributed by atoms with E-state index in [0.29, 0.717) is 0 Å². The molecule has 0 fully saturated rings. The minimum absolute atomic E-state index is 0.141. The molecule has 2 aliphatic carbocycles. The van der Waals surface area contributed by atoms with Crippen LogP contribution in [-0.2, 0) is 0 Å². The fourth-order valence-electron chi connectivity index (χ4n) is 9.59. The molecule has 2 atom stereocenters. The zero-order valence-corrected chi connectivity index (χ0v) is 32.1. The van der Waals surface area contributed by atoms with Crippen LogP contribution in [0.15, 0.2) is 231 Å². The maximum Gasteiger partial charge on any atom is 0.0137 e. The lowest BCUT2D eigenvalue weighted by molar-refractivity contribution is 0.686. The van der Waals surface area contributed by atoms with Gasteiger partial charge in [-0.25, -0.2) is 0 Å². The number of fused-ring (bicyclic) bond motifs is 4. The lowest BCUT2D eigenvalue weighted by atomic mass is 9.69. The van der Waals surface area contributed by atoms with E-state index in [1.807, 2.05) is 0 Å². The van der Waals surface area contributed by atoms with Gasteiger partial charge in [-0.05, 0) is 135 Å². The number of allylic oxidation sites excluding steroid dienone is 4. The second kappa shape index (κ2) is 14.3. The summed E-state index contributed by atoms with van der Waals surface area (Å²) in [4.78, 5) is 0. The van der Waals surface area contributed by atoms with Crippen molar-refractivity contribution in [2.45, 2.75) is 0 Å². The Labute approximate surface area is 339 Å². The molecule has 0 spiro atoms. The van der Waals surface area contributed by atoms with Crippen LogP contribution in [0.3, 0.4) is 0 Å². The molecule has 0 amide bonds. The molecule has 11 rings (SSSR count). The Morgan fingerprint density at radius 1 is 0.259 bits per heavy atom. The molecule has 272 valence electrons. The summed E-state index contributed by atoms with van der Waals surface area (Å²) in [5, 5.41) is 7.63. The van der Waals surface area contributed by atoms with Crippen molar-refractivity contribution in [3.8, 4) is 44.5 Å². The highest BCUT2D eigenvalue weighted by molar-refractivity contribution is 6.00. The van der Waals surface area contributed by atoms with E-state index in [0.717, 1.165) is 0 Å². The normalized spacial score (nSPS) is 15.7. The van der Waals surface area contributed by atoms with Gasteiger partial charge in [-0.1, -0.05) is 194 Å². The van der Waals surface area contributed by atoms with Crippen LogP contribution >= 0.6 is 0 Å². The Bertz CT molecular complexity index is 2990. The van der Waals surface area contributed by atoms with Gasteiger partial charge >= 0.3 is 0 Å². The van der Waals surface area contributed by atoms with E-state index >= 15 is 0 Å². The average molecular weight is 737 g/mol. The Morgan fingerprint density at radius 2 is 0.621 bits per heavy atom. The molecule has 9 aromatic carbocycles. The molecule has 0 nitrogen and oxygen atoms in total. The van der Waals surface area contributed by atoms with E-state index in [4.69, 9.17) is 0 Å². The largest absolute Gasteiger partial charge is 0.0760 e. The van der Waals surface area contributed by atoms with Gasteiger partial charge in [0.25, 0.3) is 0 Å². The van der Waals surface area contributed by atoms with Crippen LogP contribution in [0, 0.1) is 11.8 Å². The smallest absolute Gasteiger partial charge is 0.0137 e. The molecule has 0 bridgehead atoms. The summed E-state index contributed by atoms with van der Waals surface area (Å²) in [5.74, 6) is 0.283. The Hall–Kier alpha value is -7.28. The van der Waals surface area contributed by atoms with Crippen molar-refractivity contribution in [1.82, 2.24) is 0 Å². The first kappa shape index (κ1) is 34.0. The third-order valence-electron chi connectivity index (χ3n) is 12.2. The predicted octanol–water partition coefficient (Wildman–Crippen LogP) is 13.4. The van der Waals surface area contributed by atoms with Gasteiger partial charge in [0, 0.05) is 11.8 Å². The van der Waals surface area contributed by atoms with Crippen molar-refractivity contribution in [2.75, 3.05) is 0 Å². The molecule has 0 N–H and O–H groups in total. The molecule has 0 heterocycles. The summed E-state index contributed by atoms with van der Waals surface area (Å²) in [7, 11) is 0. The molecule has 0 radical (unpaired) electrons. The van der Waals surface area contributed by atoms with Crippen LogP contribution in [0.4, 0.5) is 0 Å². The third-order valence-corrected chi connectivity index (χ3v) is 12.2. The van der Waals surface area contributed by atoms with Gasteiger partial charge < -0.3 is 0 Å². The average Bonchev–Trinajstić information content (AvgIpc) is 3.30. The maximum absolute atomic E-state index is 2.45. The molecule has 0 saturated heterocycles. The number of benzene rings is 9. The predicted molar refractivity (Wildman–Crippen MR) is 246 cm³/mol. The zero-order valence-electron chi connectivity index (χ0n) is 32.1. The fourth-order valence-corrected chi connectivity index (χ4v) is 9.59. The van der Waals surface area contributed by atoms with Gasteiger partial charge in [0.2, 0.25) is 0 Å². The Kier molecular flexibility index (Phi) is 8.41. The van der Waals surface area contributed by atoms with Crippen LogP contribution < -0.4 is 10.4 Å². The van der Waals surface area contributed by atoms with E-state index in [2.05, 4.69) is 231 Å². The molecule has 9 aromatic rings. The highest BCUT2D eigenvalue weighted by Crippen LogP contribution is 2.44. The molecule has 2 unspecified atom stereocenters. The van der Waals surface area contributed by atoms with Crippen molar-refractivity contribution in [1.29, 1.82) is 0 Å². The SMILES string of the molecule is C1=CC2C(c3cc(-c4ccccc4)cc(-c4cccc5ccccc45)c3)=c3ccccc3=C(c3cc(-c4ccccc4)cc(-c4cccc5ccccc45)c3)C2C=C1. The number of hydrogen-bond acceptors (Lipinski definition) is 0. The number of hydrogen-bond donors (Lipinski definition) is 0. The van der Waals surface area contributed by atoms with Crippen LogP contribution in [0.5, 0.6) is 0 Å². The Morgan fingerprint density at radius 3 is 1.09 bits per heavy atom. The molecule has 58 heavy (non-hydrogen) atoms. The second-order valence-electron chi connectivity index (χ2n) is 15.6. The lowest BCUT2D eigenvalue weighted by Crippen LogP contribution is -2.40. The van der Waals surface area contributed by atoms with Gasteiger partial charge in [-0.3, -0.25) is 0 Å².